The van der Waals surface area contributed by atoms with Crippen molar-refractivity contribution in [3.63, 3.8) is 0 Å². The molecule has 0 spiro atoms. The van der Waals surface area contributed by atoms with Crippen LogP contribution in [-0.2, 0) is 0 Å². The Bertz CT molecular complexity index is 2970. The van der Waals surface area contributed by atoms with Crippen molar-refractivity contribution in [2.45, 2.75) is 25.2 Å². The maximum atomic E-state index is 6.61. The van der Waals surface area contributed by atoms with Crippen molar-refractivity contribution in [1.82, 2.24) is 19.5 Å². The number of aromatic nitrogens is 4. The monoisotopic (exact) mass is 694 g/mol. The highest BCUT2D eigenvalue weighted by atomic mass is 16.3. The van der Waals surface area contributed by atoms with E-state index in [4.69, 9.17) is 19.4 Å². The summed E-state index contributed by atoms with van der Waals surface area (Å²) in [5.74, 6) is 2.57. The fraction of sp³-hybridized carbons (Fsp3) is 0.0816. The van der Waals surface area contributed by atoms with E-state index in [1.807, 2.05) is 42.5 Å². The summed E-state index contributed by atoms with van der Waals surface area (Å²) in [6.45, 7) is 0. The SMILES string of the molecule is c1ccc(-c2nc(-c3ccc(-c4cccc(C5CCC5)c4)cc3)nc(-c3cccc4oc5cc(-n6c7ccccc7c7ccccc76)ccc5c34)n2)cc1. The average Bonchev–Trinajstić information content (AvgIpc) is 3.76. The lowest BCUT2D eigenvalue weighted by Crippen LogP contribution is -2.08. The van der Waals surface area contributed by atoms with Crippen LogP contribution in [0.3, 0.4) is 0 Å². The van der Waals surface area contributed by atoms with Gasteiger partial charge in [0.25, 0.3) is 0 Å². The van der Waals surface area contributed by atoms with Crippen LogP contribution in [0.5, 0.6) is 0 Å². The Morgan fingerprint density at radius 1 is 0.463 bits per heavy atom. The van der Waals surface area contributed by atoms with Crippen LogP contribution in [0.4, 0.5) is 0 Å². The number of rotatable bonds is 6. The molecule has 3 aromatic heterocycles. The van der Waals surface area contributed by atoms with Gasteiger partial charge in [0.15, 0.2) is 17.5 Å². The molecule has 0 atom stereocenters. The van der Waals surface area contributed by atoms with Gasteiger partial charge >= 0.3 is 0 Å². The second kappa shape index (κ2) is 12.4. The smallest absolute Gasteiger partial charge is 0.164 e. The highest BCUT2D eigenvalue weighted by Crippen LogP contribution is 2.40. The summed E-state index contributed by atoms with van der Waals surface area (Å²) in [4.78, 5) is 15.3. The lowest BCUT2D eigenvalue weighted by Gasteiger charge is -2.26. The molecule has 0 N–H and O–H groups in total. The van der Waals surface area contributed by atoms with Gasteiger partial charge in [0.2, 0.25) is 0 Å². The number of nitrogens with zero attached hydrogens (tertiary/aromatic N) is 4. The second-order valence-electron chi connectivity index (χ2n) is 14.3. The summed E-state index contributed by atoms with van der Waals surface area (Å²) in [5.41, 5.74) is 11.6. The van der Waals surface area contributed by atoms with Gasteiger partial charge in [-0.05, 0) is 65.8 Å². The molecule has 11 rings (SSSR count). The van der Waals surface area contributed by atoms with Crippen LogP contribution in [0.2, 0.25) is 0 Å². The molecule has 256 valence electrons. The maximum absolute atomic E-state index is 6.61. The molecule has 1 saturated carbocycles. The molecule has 10 aromatic rings. The molecule has 1 fully saturated rings. The molecule has 0 amide bonds. The molecule has 0 radical (unpaired) electrons. The van der Waals surface area contributed by atoms with Gasteiger partial charge in [-0.25, -0.2) is 15.0 Å². The van der Waals surface area contributed by atoms with Crippen LogP contribution in [0.25, 0.3) is 94.7 Å². The highest BCUT2D eigenvalue weighted by molar-refractivity contribution is 6.13. The zero-order valence-electron chi connectivity index (χ0n) is 29.5. The van der Waals surface area contributed by atoms with Crippen LogP contribution >= 0.6 is 0 Å². The lowest BCUT2D eigenvalue weighted by atomic mass is 9.79. The molecule has 1 aliphatic carbocycles. The van der Waals surface area contributed by atoms with E-state index in [-0.39, 0.29) is 0 Å². The van der Waals surface area contributed by atoms with Crippen LogP contribution in [-0.4, -0.2) is 19.5 Å². The summed E-state index contributed by atoms with van der Waals surface area (Å²) in [5, 5.41) is 4.46. The Morgan fingerprint density at radius 3 is 1.81 bits per heavy atom. The molecule has 54 heavy (non-hydrogen) atoms. The van der Waals surface area contributed by atoms with Crippen LogP contribution < -0.4 is 0 Å². The molecular formula is C49H34N4O. The van der Waals surface area contributed by atoms with E-state index in [9.17, 15) is 0 Å². The number of benzene rings is 7. The Labute approximate surface area is 312 Å². The fourth-order valence-electron chi connectivity index (χ4n) is 8.21. The Balaban J connectivity index is 1.04. The standard InChI is InChI=1S/C49H34N4O/c1-2-11-33(12-3-1)47-50-48(34-25-23-32(24-26-34)36-16-9-15-35(29-36)31-13-8-14-31)52-49(51-47)41-19-10-22-44-46(41)40-28-27-37(30-45(40)54-44)53-42-20-6-4-17-38(42)39-18-5-7-21-43(39)53/h1-7,9-12,15-31H,8,13-14H2. The van der Waals surface area contributed by atoms with Crippen molar-refractivity contribution in [2.75, 3.05) is 0 Å². The first-order valence-electron chi connectivity index (χ1n) is 18.7. The summed E-state index contributed by atoms with van der Waals surface area (Å²) in [6, 6.07) is 57.5. The number of para-hydroxylation sites is 2. The third-order valence-corrected chi connectivity index (χ3v) is 11.2. The van der Waals surface area contributed by atoms with E-state index < -0.39 is 0 Å². The Morgan fingerprint density at radius 2 is 1.09 bits per heavy atom. The third-order valence-electron chi connectivity index (χ3n) is 11.2. The number of fused-ring (bicyclic) bond motifs is 6. The zero-order chi connectivity index (χ0) is 35.6. The van der Waals surface area contributed by atoms with Crippen molar-refractivity contribution in [2.24, 2.45) is 0 Å². The van der Waals surface area contributed by atoms with Crippen LogP contribution in [0.1, 0.15) is 30.7 Å². The summed E-state index contributed by atoms with van der Waals surface area (Å²) >= 11 is 0. The molecule has 5 nitrogen and oxygen atoms in total. The predicted octanol–water partition coefficient (Wildman–Crippen LogP) is 12.8. The van der Waals surface area contributed by atoms with Crippen molar-refractivity contribution in [1.29, 1.82) is 0 Å². The molecule has 0 aliphatic heterocycles. The molecule has 5 heteroatoms. The van der Waals surface area contributed by atoms with Crippen molar-refractivity contribution in [3.8, 4) is 51.0 Å². The Kier molecular flexibility index (Phi) is 7.05. The summed E-state index contributed by atoms with van der Waals surface area (Å²) in [7, 11) is 0. The highest BCUT2D eigenvalue weighted by Gasteiger charge is 2.21. The van der Waals surface area contributed by atoms with Gasteiger partial charge in [-0.3, -0.25) is 0 Å². The van der Waals surface area contributed by atoms with Gasteiger partial charge in [0.1, 0.15) is 11.2 Å². The first kappa shape index (κ1) is 30.7. The minimum absolute atomic E-state index is 0.607. The summed E-state index contributed by atoms with van der Waals surface area (Å²) < 4.78 is 8.93. The van der Waals surface area contributed by atoms with Gasteiger partial charge < -0.3 is 8.98 Å². The van der Waals surface area contributed by atoms with Crippen LogP contribution in [0, 0.1) is 0 Å². The van der Waals surface area contributed by atoms with Crippen molar-refractivity contribution in [3.05, 3.63) is 169 Å². The van der Waals surface area contributed by atoms with Gasteiger partial charge in [0, 0.05) is 50.0 Å². The van der Waals surface area contributed by atoms with Gasteiger partial charge in [-0.15, -0.1) is 0 Å². The lowest BCUT2D eigenvalue weighted by molar-refractivity contribution is 0.420. The first-order chi connectivity index (χ1) is 26.7. The van der Waals surface area contributed by atoms with E-state index in [0.29, 0.717) is 23.4 Å². The van der Waals surface area contributed by atoms with Gasteiger partial charge in [0.05, 0.1) is 11.0 Å². The van der Waals surface area contributed by atoms with Crippen LogP contribution in [0.15, 0.2) is 168 Å². The van der Waals surface area contributed by atoms with Crippen molar-refractivity contribution < 1.29 is 4.42 Å². The Hall–Kier alpha value is -6.85. The average molecular weight is 695 g/mol. The predicted molar refractivity (Wildman–Crippen MR) is 220 cm³/mol. The normalized spacial score (nSPS) is 13.3. The maximum Gasteiger partial charge on any atom is 0.164 e. The van der Waals surface area contributed by atoms with Crippen molar-refractivity contribution >= 4 is 43.7 Å². The van der Waals surface area contributed by atoms with E-state index in [0.717, 1.165) is 55.3 Å². The molecule has 1 aliphatic rings. The largest absolute Gasteiger partial charge is 0.456 e. The quantitative estimate of drug-likeness (QED) is 0.174. The third kappa shape index (κ3) is 5.04. The molecule has 0 bridgehead atoms. The summed E-state index contributed by atoms with van der Waals surface area (Å²) in [6.07, 6.45) is 3.91. The number of furan rings is 1. The van der Waals surface area contributed by atoms with E-state index >= 15 is 0 Å². The topological polar surface area (TPSA) is 56.7 Å². The van der Waals surface area contributed by atoms with Gasteiger partial charge in [-0.1, -0.05) is 134 Å². The fourth-order valence-corrected chi connectivity index (χ4v) is 8.21. The molecule has 3 heterocycles. The second-order valence-corrected chi connectivity index (χ2v) is 14.3. The first-order valence-corrected chi connectivity index (χ1v) is 18.7. The molecule has 7 aromatic carbocycles. The van der Waals surface area contributed by atoms with E-state index in [1.165, 1.54) is 46.7 Å². The molecule has 0 unspecified atom stereocenters. The molecule has 0 saturated heterocycles. The van der Waals surface area contributed by atoms with Gasteiger partial charge in [-0.2, -0.15) is 0 Å². The zero-order valence-corrected chi connectivity index (χ0v) is 29.5. The minimum atomic E-state index is 0.607. The minimum Gasteiger partial charge on any atom is -0.456 e. The number of hydrogen-bond acceptors (Lipinski definition) is 4. The van der Waals surface area contributed by atoms with E-state index in [2.05, 4.69) is 126 Å². The molecular weight excluding hydrogens is 661 g/mol. The van der Waals surface area contributed by atoms with E-state index in [1.54, 1.807) is 0 Å². The number of hydrogen-bond donors (Lipinski definition) is 0.